The smallest absolute Gasteiger partial charge is 0.416 e. The molecular formula is C30H29F3N4O3. The SMILES string of the molecule is CCCCN(CC(=O)Nc1cc(-c2ccccc2)nn1-c1ccc(OC)cc1)C(=O)c1ccc(C(F)(F)F)cc1. The molecule has 0 unspecified atom stereocenters. The third kappa shape index (κ3) is 6.88. The molecule has 0 fully saturated rings. The lowest BCUT2D eigenvalue weighted by atomic mass is 10.1. The van der Waals surface area contributed by atoms with Gasteiger partial charge in [0.1, 0.15) is 18.1 Å². The van der Waals surface area contributed by atoms with Gasteiger partial charge in [-0.2, -0.15) is 18.3 Å². The number of halogens is 3. The topological polar surface area (TPSA) is 76.5 Å². The van der Waals surface area contributed by atoms with E-state index in [0.717, 1.165) is 36.2 Å². The Morgan fingerprint density at radius 1 is 0.975 bits per heavy atom. The van der Waals surface area contributed by atoms with Crippen LogP contribution in [-0.2, 0) is 11.0 Å². The number of nitrogens with one attached hydrogen (secondary N) is 1. The molecule has 0 spiro atoms. The minimum Gasteiger partial charge on any atom is -0.497 e. The number of carbonyl (C=O) groups is 2. The van der Waals surface area contributed by atoms with Gasteiger partial charge in [-0.15, -0.1) is 0 Å². The highest BCUT2D eigenvalue weighted by Crippen LogP contribution is 2.29. The maximum atomic E-state index is 13.2. The minimum atomic E-state index is -4.51. The van der Waals surface area contributed by atoms with Gasteiger partial charge in [0.2, 0.25) is 5.91 Å². The first-order chi connectivity index (χ1) is 19.2. The van der Waals surface area contributed by atoms with Crippen LogP contribution in [0.5, 0.6) is 5.75 Å². The molecule has 10 heteroatoms. The van der Waals surface area contributed by atoms with Gasteiger partial charge < -0.3 is 15.0 Å². The lowest BCUT2D eigenvalue weighted by Gasteiger charge is -2.22. The Balaban J connectivity index is 1.58. The van der Waals surface area contributed by atoms with Crippen molar-refractivity contribution in [3.05, 3.63) is 96.1 Å². The highest BCUT2D eigenvalue weighted by Gasteiger charge is 2.30. The molecular weight excluding hydrogens is 521 g/mol. The number of anilines is 1. The van der Waals surface area contributed by atoms with Gasteiger partial charge in [-0.3, -0.25) is 9.59 Å². The van der Waals surface area contributed by atoms with Crippen LogP contribution in [0.3, 0.4) is 0 Å². The van der Waals surface area contributed by atoms with Crippen LogP contribution in [0.1, 0.15) is 35.7 Å². The van der Waals surface area contributed by atoms with Crippen LogP contribution in [0.4, 0.5) is 19.0 Å². The van der Waals surface area contributed by atoms with Crippen LogP contribution < -0.4 is 10.1 Å². The summed E-state index contributed by atoms with van der Waals surface area (Å²) in [7, 11) is 1.57. The number of amides is 2. The van der Waals surface area contributed by atoms with Crippen LogP contribution in [0.25, 0.3) is 16.9 Å². The molecule has 0 aliphatic rings. The Hall–Kier alpha value is -4.60. The second kappa shape index (κ2) is 12.5. The Morgan fingerprint density at radius 3 is 2.25 bits per heavy atom. The van der Waals surface area contributed by atoms with E-state index in [9.17, 15) is 22.8 Å². The molecule has 4 rings (SSSR count). The monoisotopic (exact) mass is 550 g/mol. The summed E-state index contributed by atoms with van der Waals surface area (Å²) in [6.45, 7) is 1.93. The third-order valence-corrected chi connectivity index (χ3v) is 6.23. The molecule has 0 aliphatic heterocycles. The normalized spacial score (nSPS) is 11.2. The number of ether oxygens (including phenoxy) is 1. The summed E-state index contributed by atoms with van der Waals surface area (Å²) in [6.07, 6.45) is -3.11. The van der Waals surface area contributed by atoms with E-state index in [1.165, 1.54) is 4.90 Å². The number of nitrogens with zero attached hydrogens (tertiary/aromatic N) is 3. The van der Waals surface area contributed by atoms with Crippen molar-refractivity contribution in [2.75, 3.05) is 25.5 Å². The lowest BCUT2D eigenvalue weighted by Crippen LogP contribution is -2.39. The van der Waals surface area contributed by atoms with E-state index in [0.29, 0.717) is 29.4 Å². The van der Waals surface area contributed by atoms with Crippen molar-refractivity contribution in [2.45, 2.75) is 25.9 Å². The molecule has 0 radical (unpaired) electrons. The van der Waals surface area contributed by atoms with Crippen molar-refractivity contribution in [3.63, 3.8) is 0 Å². The summed E-state index contributed by atoms with van der Waals surface area (Å²) in [5.74, 6) is 0.0705. The van der Waals surface area contributed by atoms with Crippen molar-refractivity contribution in [1.82, 2.24) is 14.7 Å². The predicted molar refractivity (Wildman–Crippen MR) is 146 cm³/mol. The number of hydrogen-bond donors (Lipinski definition) is 1. The lowest BCUT2D eigenvalue weighted by molar-refractivity contribution is -0.137. The average molecular weight is 551 g/mol. The fourth-order valence-electron chi connectivity index (χ4n) is 4.08. The molecule has 0 saturated heterocycles. The largest absolute Gasteiger partial charge is 0.497 e. The Morgan fingerprint density at radius 2 is 1.65 bits per heavy atom. The second-order valence-corrected chi connectivity index (χ2v) is 9.09. The van der Waals surface area contributed by atoms with Crippen molar-refractivity contribution in [1.29, 1.82) is 0 Å². The van der Waals surface area contributed by atoms with Crippen molar-refractivity contribution >= 4 is 17.6 Å². The zero-order valence-corrected chi connectivity index (χ0v) is 22.1. The second-order valence-electron chi connectivity index (χ2n) is 9.09. The molecule has 1 heterocycles. The molecule has 0 bridgehead atoms. The summed E-state index contributed by atoms with van der Waals surface area (Å²) < 4.78 is 45.7. The Kier molecular flexibility index (Phi) is 8.88. The number of rotatable bonds is 10. The van der Waals surface area contributed by atoms with Gasteiger partial charge in [-0.05, 0) is 55.0 Å². The van der Waals surface area contributed by atoms with Gasteiger partial charge in [0.05, 0.1) is 24.1 Å². The minimum absolute atomic E-state index is 0.0755. The van der Waals surface area contributed by atoms with E-state index in [-0.39, 0.29) is 18.7 Å². The van der Waals surface area contributed by atoms with E-state index >= 15 is 0 Å². The molecule has 0 atom stereocenters. The number of alkyl halides is 3. The van der Waals surface area contributed by atoms with Crippen LogP contribution in [0, 0.1) is 0 Å². The van der Waals surface area contributed by atoms with Gasteiger partial charge in [0, 0.05) is 23.7 Å². The van der Waals surface area contributed by atoms with E-state index < -0.39 is 23.6 Å². The van der Waals surface area contributed by atoms with Crippen molar-refractivity contribution < 1.29 is 27.5 Å². The van der Waals surface area contributed by atoms with Crippen LogP contribution in [-0.4, -0.2) is 46.7 Å². The van der Waals surface area contributed by atoms with E-state index in [1.54, 1.807) is 42.1 Å². The first-order valence-electron chi connectivity index (χ1n) is 12.8. The fraction of sp³-hybridized carbons (Fsp3) is 0.233. The summed E-state index contributed by atoms with van der Waals surface area (Å²) in [6, 6.07) is 22.4. The molecule has 2 amide bonds. The Labute approximate surface area is 230 Å². The molecule has 4 aromatic rings. The molecule has 1 N–H and O–H groups in total. The molecule has 1 aromatic heterocycles. The first-order valence-corrected chi connectivity index (χ1v) is 12.8. The molecule has 208 valence electrons. The quantitative estimate of drug-likeness (QED) is 0.246. The van der Waals surface area contributed by atoms with E-state index in [2.05, 4.69) is 10.4 Å². The van der Waals surface area contributed by atoms with E-state index in [4.69, 9.17) is 4.74 Å². The standard InChI is InChI=1S/C30H29F3N4O3/c1-3-4-18-36(29(39)22-10-12-23(13-11-22)30(31,32)33)20-28(38)34-27-19-26(21-8-6-5-7-9-21)35-37(27)24-14-16-25(40-2)17-15-24/h5-17,19H,3-4,18,20H2,1-2H3,(H,34,38). The average Bonchev–Trinajstić information content (AvgIpc) is 3.38. The van der Waals surface area contributed by atoms with Crippen molar-refractivity contribution in [2.24, 2.45) is 0 Å². The summed E-state index contributed by atoms with van der Waals surface area (Å²) in [5.41, 5.74) is 1.40. The molecule has 0 saturated carbocycles. The van der Waals surface area contributed by atoms with E-state index in [1.807, 2.05) is 37.3 Å². The predicted octanol–water partition coefficient (Wildman–Crippen LogP) is 6.45. The van der Waals surface area contributed by atoms with Crippen LogP contribution in [0.2, 0.25) is 0 Å². The first kappa shape index (κ1) is 28.4. The summed E-state index contributed by atoms with van der Waals surface area (Å²) >= 11 is 0. The summed E-state index contributed by atoms with van der Waals surface area (Å²) in [4.78, 5) is 27.7. The maximum Gasteiger partial charge on any atom is 0.416 e. The fourth-order valence-corrected chi connectivity index (χ4v) is 4.08. The van der Waals surface area contributed by atoms with Gasteiger partial charge in [-0.25, -0.2) is 4.68 Å². The molecule has 40 heavy (non-hydrogen) atoms. The van der Waals surface area contributed by atoms with Gasteiger partial charge in [0.15, 0.2) is 0 Å². The number of carbonyl (C=O) groups excluding carboxylic acids is 2. The summed E-state index contributed by atoms with van der Waals surface area (Å²) in [5, 5.41) is 7.55. The number of hydrogen-bond acceptors (Lipinski definition) is 4. The van der Waals surface area contributed by atoms with Crippen LogP contribution in [0.15, 0.2) is 84.9 Å². The molecule has 7 nitrogen and oxygen atoms in total. The maximum absolute atomic E-state index is 13.2. The molecule has 3 aromatic carbocycles. The highest BCUT2D eigenvalue weighted by atomic mass is 19.4. The zero-order chi connectivity index (χ0) is 28.7. The third-order valence-electron chi connectivity index (χ3n) is 6.23. The zero-order valence-electron chi connectivity index (χ0n) is 22.1. The number of unbranched alkanes of at least 4 members (excludes halogenated alkanes) is 1. The highest BCUT2D eigenvalue weighted by molar-refractivity contribution is 5.99. The number of methoxy groups -OCH3 is 1. The molecule has 0 aliphatic carbocycles. The van der Waals surface area contributed by atoms with Crippen molar-refractivity contribution in [3.8, 4) is 22.7 Å². The van der Waals surface area contributed by atoms with Crippen LogP contribution >= 0.6 is 0 Å². The van der Waals surface area contributed by atoms with Gasteiger partial charge in [0.25, 0.3) is 5.91 Å². The van der Waals surface area contributed by atoms with Gasteiger partial charge in [-0.1, -0.05) is 43.7 Å². The number of benzene rings is 3. The Bertz CT molecular complexity index is 1430. The number of aromatic nitrogens is 2. The van der Waals surface area contributed by atoms with Gasteiger partial charge >= 0.3 is 6.18 Å².